The van der Waals surface area contributed by atoms with E-state index in [2.05, 4.69) is 10.6 Å². The van der Waals surface area contributed by atoms with Crippen LogP contribution in [0.1, 0.15) is 34.5 Å². The summed E-state index contributed by atoms with van der Waals surface area (Å²) in [5.74, 6) is -0.458. The molecule has 2 amide bonds. The van der Waals surface area contributed by atoms with Crippen LogP contribution in [0.2, 0.25) is 0 Å². The lowest BCUT2D eigenvalue weighted by molar-refractivity contribution is -0.117. The normalized spacial score (nSPS) is 11.8. The van der Waals surface area contributed by atoms with Crippen LogP contribution in [0.15, 0.2) is 78.9 Å². The molecule has 0 aliphatic heterocycles. The molecular weight excluding hydrogens is 406 g/mol. The summed E-state index contributed by atoms with van der Waals surface area (Å²) in [5, 5.41) is 6.82. The molecule has 0 radical (unpaired) electrons. The Labute approximate surface area is 184 Å². The predicted molar refractivity (Wildman–Crippen MR) is 129 cm³/mol. The van der Waals surface area contributed by atoms with E-state index in [-0.39, 0.29) is 17.7 Å². The minimum absolute atomic E-state index is 0.0397. The van der Waals surface area contributed by atoms with Gasteiger partial charge in [-0.1, -0.05) is 55.5 Å². The Morgan fingerprint density at radius 3 is 2.42 bits per heavy atom. The Morgan fingerprint density at radius 2 is 1.68 bits per heavy atom. The molecule has 0 spiro atoms. The number of anilines is 3. The fourth-order valence-corrected chi connectivity index (χ4v) is 4.50. The van der Waals surface area contributed by atoms with Gasteiger partial charge in [0.1, 0.15) is 0 Å². The lowest BCUT2D eigenvalue weighted by atomic mass is 9.95. The van der Waals surface area contributed by atoms with Gasteiger partial charge in [0.2, 0.25) is 5.91 Å². The maximum Gasteiger partial charge on any atom is 0.265 e. The molecule has 0 fully saturated rings. The standard InChI is InChI=1S/C25H23N3O2S/c1-2-19(16-8-4-3-5-9-16)24(29)27-18-13-12-17-14-23(31-22(17)15-18)25(30)28-21-11-7-6-10-20(21)26/h3-15,19H,2,26H2,1H3,(H,27,29)(H,28,30)/t19-/m1/s1. The first-order valence-corrected chi connectivity index (χ1v) is 10.9. The van der Waals surface area contributed by atoms with E-state index < -0.39 is 0 Å². The number of hydrogen-bond donors (Lipinski definition) is 3. The van der Waals surface area contributed by atoms with E-state index in [9.17, 15) is 9.59 Å². The second kappa shape index (κ2) is 9.02. The van der Waals surface area contributed by atoms with E-state index in [0.29, 0.717) is 28.4 Å². The Kier molecular flexibility index (Phi) is 6.00. The van der Waals surface area contributed by atoms with E-state index in [0.717, 1.165) is 15.6 Å². The number of benzene rings is 3. The van der Waals surface area contributed by atoms with Crippen molar-refractivity contribution >= 4 is 50.3 Å². The number of rotatable bonds is 6. The van der Waals surface area contributed by atoms with Gasteiger partial charge in [0.15, 0.2) is 0 Å². The highest BCUT2D eigenvalue weighted by molar-refractivity contribution is 7.21. The van der Waals surface area contributed by atoms with Crippen molar-refractivity contribution in [1.82, 2.24) is 0 Å². The van der Waals surface area contributed by atoms with Gasteiger partial charge in [-0.25, -0.2) is 0 Å². The van der Waals surface area contributed by atoms with Gasteiger partial charge in [0, 0.05) is 10.4 Å². The van der Waals surface area contributed by atoms with Gasteiger partial charge < -0.3 is 16.4 Å². The molecular formula is C25H23N3O2S. The van der Waals surface area contributed by atoms with Gasteiger partial charge in [-0.3, -0.25) is 9.59 Å². The maximum absolute atomic E-state index is 12.8. The average Bonchev–Trinajstić information content (AvgIpc) is 3.20. The third kappa shape index (κ3) is 4.59. The van der Waals surface area contributed by atoms with Crippen LogP contribution in [-0.2, 0) is 4.79 Å². The van der Waals surface area contributed by atoms with E-state index in [1.165, 1.54) is 11.3 Å². The fraction of sp³-hybridized carbons (Fsp3) is 0.120. The Morgan fingerprint density at radius 1 is 0.935 bits per heavy atom. The van der Waals surface area contributed by atoms with Gasteiger partial charge in [0.25, 0.3) is 5.91 Å². The molecule has 0 saturated carbocycles. The third-order valence-corrected chi connectivity index (χ3v) is 6.24. The van der Waals surface area contributed by atoms with Gasteiger partial charge in [-0.2, -0.15) is 0 Å². The zero-order valence-corrected chi connectivity index (χ0v) is 17.9. The van der Waals surface area contributed by atoms with Crippen LogP contribution in [0, 0.1) is 0 Å². The number of thiophene rings is 1. The van der Waals surface area contributed by atoms with Crippen molar-refractivity contribution in [3.8, 4) is 0 Å². The molecule has 0 unspecified atom stereocenters. The van der Waals surface area contributed by atoms with Crippen molar-refractivity contribution in [2.24, 2.45) is 0 Å². The first-order chi connectivity index (χ1) is 15.0. The summed E-state index contributed by atoms with van der Waals surface area (Å²) in [6.07, 6.45) is 0.712. The Bertz CT molecular complexity index is 1230. The molecule has 1 aromatic heterocycles. The molecule has 0 saturated heterocycles. The van der Waals surface area contributed by atoms with Crippen molar-refractivity contribution in [2.45, 2.75) is 19.3 Å². The molecule has 4 N–H and O–H groups in total. The first-order valence-electron chi connectivity index (χ1n) is 10.1. The summed E-state index contributed by atoms with van der Waals surface area (Å²) in [7, 11) is 0. The van der Waals surface area contributed by atoms with E-state index >= 15 is 0 Å². The van der Waals surface area contributed by atoms with Crippen molar-refractivity contribution < 1.29 is 9.59 Å². The Hall–Kier alpha value is -3.64. The molecule has 156 valence electrons. The van der Waals surface area contributed by atoms with Crippen LogP contribution in [-0.4, -0.2) is 11.8 Å². The Balaban J connectivity index is 1.51. The molecule has 3 aromatic carbocycles. The van der Waals surface area contributed by atoms with Crippen LogP contribution in [0.5, 0.6) is 0 Å². The summed E-state index contributed by atoms with van der Waals surface area (Å²) in [4.78, 5) is 26.1. The molecule has 4 rings (SSSR count). The minimum atomic E-state index is -0.210. The first kappa shape index (κ1) is 20.6. The molecule has 6 heteroatoms. The average molecular weight is 430 g/mol. The van der Waals surface area contributed by atoms with Gasteiger partial charge in [-0.15, -0.1) is 11.3 Å². The second-order valence-corrected chi connectivity index (χ2v) is 8.35. The number of nitrogens with two attached hydrogens (primary N) is 1. The number of nitrogen functional groups attached to an aromatic ring is 1. The third-order valence-electron chi connectivity index (χ3n) is 5.15. The van der Waals surface area contributed by atoms with Gasteiger partial charge in [0.05, 0.1) is 22.2 Å². The summed E-state index contributed by atoms with van der Waals surface area (Å²) >= 11 is 1.38. The zero-order chi connectivity index (χ0) is 21.8. The minimum Gasteiger partial charge on any atom is -0.397 e. The zero-order valence-electron chi connectivity index (χ0n) is 17.1. The number of nitrogens with one attached hydrogen (secondary N) is 2. The number of carbonyl (C=O) groups excluding carboxylic acids is 2. The van der Waals surface area contributed by atoms with Crippen molar-refractivity contribution in [1.29, 1.82) is 0 Å². The molecule has 1 heterocycles. The monoisotopic (exact) mass is 429 g/mol. The fourth-order valence-electron chi connectivity index (χ4n) is 3.50. The molecule has 0 aliphatic carbocycles. The second-order valence-electron chi connectivity index (χ2n) is 7.27. The van der Waals surface area contributed by atoms with E-state index in [4.69, 9.17) is 5.73 Å². The molecule has 5 nitrogen and oxygen atoms in total. The van der Waals surface area contributed by atoms with Crippen molar-refractivity contribution in [3.05, 3.63) is 89.3 Å². The highest BCUT2D eigenvalue weighted by Crippen LogP contribution is 2.30. The highest BCUT2D eigenvalue weighted by atomic mass is 32.1. The van der Waals surface area contributed by atoms with Crippen LogP contribution >= 0.6 is 11.3 Å². The lowest BCUT2D eigenvalue weighted by Crippen LogP contribution is -2.20. The summed E-state index contributed by atoms with van der Waals surface area (Å²) in [6, 6.07) is 24.5. The molecule has 0 bridgehead atoms. The molecule has 4 aromatic rings. The van der Waals surface area contributed by atoms with Crippen LogP contribution in [0.3, 0.4) is 0 Å². The number of fused-ring (bicyclic) bond motifs is 1. The highest BCUT2D eigenvalue weighted by Gasteiger charge is 2.19. The molecule has 1 atom stereocenters. The maximum atomic E-state index is 12.8. The van der Waals surface area contributed by atoms with Crippen LogP contribution in [0.25, 0.3) is 10.1 Å². The number of para-hydroxylation sites is 2. The summed E-state index contributed by atoms with van der Waals surface area (Å²) in [5.41, 5.74) is 8.74. The van der Waals surface area contributed by atoms with E-state index in [1.54, 1.807) is 12.1 Å². The molecule has 31 heavy (non-hydrogen) atoms. The number of hydrogen-bond acceptors (Lipinski definition) is 4. The SMILES string of the molecule is CC[C@@H](C(=O)Nc1ccc2cc(C(=O)Nc3ccccc3N)sc2c1)c1ccccc1. The molecule has 0 aliphatic rings. The van der Waals surface area contributed by atoms with E-state index in [1.807, 2.05) is 73.7 Å². The largest absolute Gasteiger partial charge is 0.397 e. The van der Waals surface area contributed by atoms with Gasteiger partial charge in [-0.05, 0) is 47.7 Å². The van der Waals surface area contributed by atoms with Gasteiger partial charge >= 0.3 is 0 Å². The van der Waals surface area contributed by atoms with Crippen LogP contribution < -0.4 is 16.4 Å². The summed E-state index contributed by atoms with van der Waals surface area (Å²) < 4.78 is 0.928. The smallest absolute Gasteiger partial charge is 0.265 e. The lowest BCUT2D eigenvalue weighted by Gasteiger charge is -2.15. The van der Waals surface area contributed by atoms with Crippen molar-refractivity contribution in [3.63, 3.8) is 0 Å². The predicted octanol–water partition coefficient (Wildman–Crippen LogP) is 5.87. The van der Waals surface area contributed by atoms with Crippen molar-refractivity contribution in [2.75, 3.05) is 16.4 Å². The van der Waals surface area contributed by atoms with Crippen LogP contribution in [0.4, 0.5) is 17.1 Å². The topological polar surface area (TPSA) is 84.2 Å². The summed E-state index contributed by atoms with van der Waals surface area (Å²) in [6.45, 7) is 2.00. The quantitative estimate of drug-likeness (QED) is 0.335. The number of carbonyl (C=O) groups is 2. The number of amides is 2.